The van der Waals surface area contributed by atoms with E-state index in [2.05, 4.69) is 30.8 Å². The number of carboxylic acids is 1. The number of halogens is 1. The van der Waals surface area contributed by atoms with E-state index in [1.807, 2.05) is 0 Å². The minimum atomic E-state index is -1.04. The predicted octanol–water partition coefficient (Wildman–Crippen LogP) is 2.31. The summed E-state index contributed by atoms with van der Waals surface area (Å²) in [4.78, 5) is 15.1. The molecule has 114 valence electrons. The van der Waals surface area contributed by atoms with Crippen molar-refractivity contribution in [2.75, 3.05) is 32.1 Å². The van der Waals surface area contributed by atoms with Gasteiger partial charge in [0, 0.05) is 36.5 Å². The van der Waals surface area contributed by atoms with Crippen molar-refractivity contribution < 1.29 is 14.3 Å². The molecule has 1 aromatic rings. The van der Waals surface area contributed by atoms with Gasteiger partial charge in [-0.2, -0.15) is 0 Å². The van der Waals surface area contributed by atoms with E-state index in [0.717, 1.165) is 24.9 Å². The summed E-state index contributed by atoms with van der Waals surface area (Å²) in [6.07, 6.45) is 2.50. The van der Waals surface area contributed by atoms with Crippen LogP contribution >= 0.6 is 0 Å². The molecular weight excluding hydrogens is 271 g/mol. The molecule has 21 heavy (non-hydrogen) atoms. The highest BCUT2D eigenvalue weighted by molar-refractivity contribution is 5.87. The van der Waals surface area contributed by atoms with E-state index in [1.165, 1.54) is 18.2 Å². The first-order valence-corrected chi connectivity index (χ1v) is 7.00. The zero-order chi connectivity index (χ0) is 15.6. The second-order valence-corrected chi connectivity index (χ2v) is 5.79. The van der Waals surface area contributed by atoms with Gasteiger partial charge in [-0.3, -0.25) is 0 Å². The summed E-state index contributed by atoms with van der Waals surface area (Å²) >= 11 is 0. The molecule has 0 radical (unpaired) electrons. The molecule has 0 aromatic heterocycles. The lowest BCUT2D eigenvalue weighted by Gasteiger charge is -2.24. The molecule has 1 saturated heterocycles. The van der Waals surface area contributed by atoms with Crippen LogP contribution in [-0.2, 0) is 4.79 Å². The maximum atomic E-state index is 13.4. The maximum Gasteiger partial charge on any atom is 0.328 e. The zero-order valence-corrected chi connectivity index (χ0v) is 12.6. The molecule has 1 N–H and O–H groups in total. The second kappa shape index (κ2) is 6.26. The van der Waals surface area contributed by atoms with Crippen molar-refractivity contribution in [3.8, 4) is 0 Å². The number of anilines is 1. The van der Waals surface area contributed by atoms with Gasteiger partial charge in [-0.1, -0.05) is 6.92 Å². The number of benzene rings is 1. The Kier molecular flexibility index (Phi) is 4.63. The lowest BCUT2D eigenvalue weighted by Crippen LogP contribution is -2.34. The second-order valence-electron chi connectivity index (χ2n) is 5.79. The third kappa shape index (κ3) is 3.61. The van der Waals surface area contributed by atoms with Crippen molar-refractivity contribution in [2.45, 2.75) is 13.0 Å². The zero-order valence-electron chi connectivity index (χ0n) is 12.6. The molecule has 1 aliphatic heterocycles. The Balaban J connectivity index is 2.30. The lowest BCUT2D eigenvalue weighted by atomic mass is 10.1. The Morgan fingerprint density at radius 2 is 2.14 bits per heavy atom. The van der Waals surface area contributed by atoms with Gasteiger partial charge in [0.25, 0.3) is 0 Å². The summed E-state index contributed by atoms with van der Waals surface area (Å²) in [5.74, 6) is -0.896. The van der Waals surface area contributed by atoms with Gasteiger partial charge in [-0.05, 0) is 44.3 Å². The third-order valence-corrected chi connectivity index (χ3v) is 3.97. The van der Waals surface area contributed by atoms with E-state index in [4.69, 9.17) is 5.11 Å². The van der Waals surface area contributed by atoms with Crippen molar-refractivity contribution in [2.24, 2.45) is 5.92 Å². The summed E-state index contributed by atoms with van der Waals surface area (Å²) in [6.45, 7) is 3.93. The number of rotatable bonds is 4. The molecule has 2 unspecified atom stereocenters. The molecule has 0 saturated carbocycles. The van der Waals surface area contributed by atoms with Crippen LogP contribution in [0.2, 0.25) is 0 Å². The number of aliphatic carboxylic acids is 1. The van der Waals surface area contributed by atoms with Gasteiger partial charge in [-0.15, -0.1) is 0 Å². The molecule has 1 fully saturated rings. The molecule has 5 heteroatoms. The highest BCUT2D eigenvalue weighted by atomic mass is 19.1. The van der Waals surface area contributed by atoms with E-state index < -0.39 is 5.97 Å². The quantitative estimate of drug-likeness (QED) is 0.865. The maximum absolute atomic E-state index is 13.4. The Hall–Kier alpha value is -1.88. The van der Waals surface area contributed by atoms with Gasteiger partial charge in [0.05, 0.1) is 0 Å². The number of hydrogen-bond acceptors (Lipinski definition) is 3. The van der Waals surface area contributed by atoms with Crippen molar-refractivity contribution in [3.63, 3.8) is 0 Å². The van der Waals surface area contributed by atoms with Crippen molar-refractivity contribution in [1.29, 1.82) is 0 Å². The average Bonchev–Trinajstić information content (AvgIpc) is 2.78. The number of hydrogen-bond donors (Lipinski definition) is 1. The third-order valence-electron chi connectivity index (χ3n) is 3.97. The predicted molar refractivity (Wildman–Crippen MR) is 81.9 cm³/mol. The fourth-order valence-electron chi connectivity index (χ4n) is 2.93. The summed E-state index contributed by atoms with van der Waals surface area (Å²) in [6, 6.07) is 4.96. The number of nitrogens with zero attached hydrogens (tertiary/aromatic N) is 2. The monoisotopic (exact) mass is 292 g/mol. The molecule has 0 bridgehead atoms. The summed E-state index contributed by atoms with van der Waals surface area (Å²) in [7, 11) is 4.11. The van der Waals surface area contributed by atoms with Crippen molar-refractivity contribution in [3.05, 3.63) is 35.7 Å². The molecule has 1 aromatic carbocycles. The van der Waals surface area contributed by atoms with Crippen LogP contribution in [0.1, 0.15) is 12.5 Å². The van der Waals surface area contributed by atoms with Crippen LogP contribution in [0.4, 0.5) is 10.1 Å². The van der Waals surface area contributed by atoms with Gasteiger partial charge >= 0.3 is 5.97 Å². The molecule has 2 rings (SSSR count). The van der Waals surface area contributed by atoms with Gasteiger partial charge < -0.3 is 14.9 Å². The standard InChI is InChI=1S/C16H21FN2O2/c1-11-9-19(10-15(11)18(2)3)14-6-5-13(17)8-12(14)4-7-16(20)21/h4-8,11,15H,9-10H2,1-3H3,(H,20,21)/b7-4+. The van der Waals surface area contributed by atoms with Crippen molar-refractivity contribution in [1.82, 2.24) is 4.90 Å². The molecule has 0 aliphatic carbocycles. The molecule has 0 spiro atoms. The smallest absolute Gasteiger partial charge is 0.328 e. The number of carbonyl (C=O) groups is 1. The fraction of sp³-hybridized carbons (Fsp3) is 0.438. The Morgan fingerprint density at radius 3 is 2.71 bits per heavy atom. The Bertz CT molecular complexity index is 557. The van der Waals surface area contributed by atoms with Crippen LogP contribution in [0.3, 0.4) is 0 Å². The van der Waals surface area contributed by atoms with Crippen LogP contribution in [0.5, 0.6) is 0 Å². The SMILES string of the molecule is CC1CN(c2ccc(F)cc2/C=C/C(=O)O)CC1N(C)C. The first kappa shape index (κ1) is 15.5. The highest BCUT2D eigenvalue weighted by Crippen LogP contribution is 2.30. The van der Waals surface area contributed by atoms with Gasteiger partial charge in [0.15, 0.2) is 0 Å². The van der Waals surface area contributed by atoms with Crippen LogP contribution < -0.4 is 4.90 Å². The first-order valence-electron chi connectivity index (χ1n) is 7.00. The Labute approximate surface area is 124 Å². The topological polar surface area (TPSA) is 43.8 Å². The number of carboxylic acid groups (broad SMARTS) is 1. The van der Waals surface area contributed by atoms with Crippen LogP contribution in [-0.4, -0.2) is 49.2 Å². The summed E-state index contributed by atoms with van der Waals surface area (Å²) in [5.41, 5.74) is 1.48. The highest BCUT2D eigenvalue weighted by Gasteiger charge is 2.31. The first-order chi connectivity index (χ1) is 9.88. The lowest BCUT2D eigenvalue weighted by molar-refractivity contribution is -0.131. The van der Waals surface area contributed by atoms with E-state index in [9.17, 15) is 9.18 Å². The summed E-state index contributed by atoms with van der Waals surface area (Å²) in [5, 5.41) is 8.76. The molecule has 2 atom stereocenters. The normalized spacial score (nSPS) is 22.4. The minimum absolute atomic E-state index is 0.361. The molecule has 0 amide bonds. The molecule has 1 heterocycles. The number of likely N-dealkylation sites (N-methyl/N-ethyl adjacent to an activating group) is 1. The van der Waals surface area contributed by atoms with Gasteiger partial charge in [0.1, 0.15) is 5.82 Å². The largest absolute Gasteiger partial charge is 0.478 e. The van der Waals surface area contributed by atoms with E-state index in [1.54, 1.807) is 6.07 Å². The van der Waals surface area contributed by atoms with Crippen molar-refractivity contribution >= 4 is 17.7 Å². The average molecular weight is 292 g/mol. The minimum Gasteiger partial charge on any atom is -0.478 e. The molecule has 1 aliphatic rings. The Morgan fingerprint density at radius 1 is 1.43 bits per heavy atom. The molecule has 4 nitrogen and oxygen atoms in total. The van der Waals surface area contributed by atoms with Gasteiger partial charge in [0.2, 0.25) is 0 Å². The van der Waals surface area contributed by atoms with Crippen LogP contribution in [0.25, 0.3) is 6.08 Å². The molecular formula is C16H21FN2O2. The van der Waals surface area contributed by atoms with E-state index in [-0.39, 0.29) is 5.82 Å². The van der Waals surface area contributed by atoms with E-state index >= 15 is 0 Å². The summed E-state index contributed by atoms with van der Waals surface area (Å²) < 4.78 is 13.4. The van der Waals surface area contributed by atoms with Crippen LogP contribution in [0.15, 0.2) is 24.3 Å². The fourth-order valence-corrected chi connectivity index (χ4v) is 2.93. The van der Waals surface area contributed by atoms with Crippen LogP contribution in [0, 0.1) is 11.7 Å². The van der Waals surface area contributed by atoms with Gasteiger partial charge in [-0.25, -0.2) is 9.18 Å². The van der Waals surface area contributed by atoms with E-state index in [0.29, 0.717) is 17.5 Å².